The van der Waals surface area contributed by atoms with E-state index in [9.17, 15) is 4.79 Å². The SMILES string of the molecule is C=CCN(Cc1cccc(OC)c1)C(=O)C[C@@H]1C=CCC1. The number of amides is 1. The van der Waals surface area contributed by atoms with E-state index in [-0.39, 0.29) is 5.91 Å². The number of ether oxygens (including phenoxy) is 1. The Labute approximate surface area is 126 Å². The summed E-state index contributed by atoms with van der Waals surface area (Å²) in [4.78, 5) is 14.3. The Morgan fingerprint density at radius 3 is 3.05 bits per heavy atom. The number of allylic oxidation sites excluding steroid dienone is 2. The normalized spacial score (nSPS) is 16.7. The summed E-state index contributed by atoms with van der Waals surface area (Å²) in [7, 11) is 1.65. The summed E-state index contributed by atoms with van der Waals surface area (Å²) in [6.07, 6.45) is 8.88. The van der Waals surface area contributed by atoms with E-state index in [0.717, 1.165) is 24.2 Å². The van der Waals surface area contributed by atoms with Gasteiger partial charge in [-0.1, -0.05) is 30.4 Å². The topological polar surface area (TPSA) is 29.5 Å². The maximum absolute atomic E-state index is 12.5. The number of hydrogen-bond donors (Lipinski definition) is 0. The molecule has 0 fully saturated rings. The molecule has 3 heteroatoms. The molecule has 0 unspecified atom stereocenters. The molecule has 0 aromatic heterocycles. The lowest BCUT2D eigenvalue weighted by Gasteiger charge is -2.23. The Kier molecular flexibility index (Phi) is 5.61. The maximum Gasteiger partial charge on any atom is 0.223 e. The minimum atomic E-state index is 0.189. The Bertz CT molecular complexity index is 522. The lowest BCUT2D eigenvalue weighted by molar-refractivity contribution is -0.131. The lowest BCUT2D eigenvalue weighted by atomic mass is 10.0. The van der Waals surface area contributed by atoms with Gasteiger partial charge in [-0.05, 0) is 36.5 Å². The molecule has 0 bridgehead atoms. The van der Waals surface area contributed by atoms with Crippen molar-refractivity contribution in [2.45, 2.75) is 25.8 Å². The van der Waals surface area contributed by atoms with Crippen LogP contribution in [0.25, 0.3) is 0 Å². The number of rotatable bonds is 7. The minimum absolute atomic E-state index is 0.189. The van der Waals surface area contributed by atoms with Crippen LogP contribution in [-0.4, -0.2) is 24.5 Å². The van der Waals surface area contributed by atoms with Crippen molar-refractivity contribution in [1.29, 1.82) is 0 Å². The molecule has 0 spiro atoms. The van der Waals surface area contributed by atoms with E-state index in [1.807, 2.05) is 29.2 Å². The summed E-state index contributed by atoms with van der Waals surface area (Å²) in [5.74, 6) is 1.40. The van der Waals surface area contributed by atoms with Crippen molar-refractivity contribution in [3.63, 3.8) is 0 Å². The first-order valence-electron chi connectivity index (χ1n) is 7.41. The van der Waals surface area contributed by atoms with Crippen molar-refractivity contribution in [3.05, 3.63) is 54.6 Å². The van der Waals surface area contributed by atoms with Gasteiger partial charge in [0.2, 0.25) is 5.91 Å². The van der Waals surface area contributed by atoms with Gasteiger partial charge in [-0.15, -0.1) is 6.58 Å². The molecule has 0 N–H and O–H groups in total. The van der Waals surface area contributed by atoms with Crippen molar-refractivity contribution in [3.8, 4) is 5.75 Å². The van der Waals surface area contributed by atoms with Crippen molar-refractivity contribution in [2.24, 2.45) is 5.92 Å². The van der Waals surface area contributed by atoms with Gasteiger partial charge in [0.1, 0.15) is 5.75 Å². The summed E-state index contributed by atoms with van der Waals surface area (Å²) in [5, 5.41) is 0. The van der Waals surface area contributed by atoms with E-state index in [1.165, 1.54) is 0 Å². The molecule has 0 saturated carbocycles. The summed E-state index contributed by atoms with van der Waals surface area (Å²) in [6, 6.07) is 7.84. The van der Waals surface area contributed by atoms with Crippen molar-refractivity contribution >= 4 is 5.91 Å². The third-order valence-corrected chi connectivity index (χ3v) is 3.76. The molecule has 0 aliphatic heterocycles. The zero-order chi connectivity index (χ0) is 15.1. The highest BCUT2D eigenvalue weighted by atomic mass is 16.5. The van der Waals surface area contributed by atoms with Crippen LogP contribution in [0.15, 0.2) is 49.1 Å². The van der Waals surface area contributed by atoms with E-state index in [2.05, 4.69) is 18.7 Å². The van der Waals surface area contributed by atoms with Gasteiger partial charge in [0, 0.05) is 19.5 Å². The van der Waals surface area contributed by atoms with Gasteiger partial charge >= 0.3 is 0 Å². The number of nitrogens with zero attached hydrogens (tertiary/aromatic N) is 1. The van der Waals surface area contributed by atoms with Gasteiger partial charge < -0.3 is 9.64 Å². The van der Waals surface area contributed by atoms with Crippen LogP contribution >= 0.6 is 0 Å². The highest BCUT2D eigenvalue weighted by Gasteiger charge is 2.19. The Balaban J connectivity index is 2.01. The average molecular weight is 285 g/mol. The lowest BCUT2D eigenvalue weighted by Crippen LogP contribution is -2.31. The van der Waals surface area contributed by atoms with E-state index in [1.54, 1.807) is 13.2 Å². The molecular weight excluding hydrogens is 262 g/mol. The molecule has 1 aromatic rings. The highest BCUT2D eigenvalue weighted by Crippen LogP contribution is 2.22. The third-order valence-electron chi connectivity index (χ3n) is 3.76. The molecule has 1 aliphatic rings. The standard InChI is InChI=1S/C18H23NO2/c1-3-11-19(18(20)13-15-7-4-5-8-15)14-16-9-6-10-17(12-16)21-2/h3-4,6-7,9-10,12,15H,1,5,8,11,13-14H2,2H3/t15-/m1/s1. The van der Waals surface area contributed by atoms with E-state index in [4.69, 9.17) is 4.74 Å². The molecule has 2 rings (SSSR count). The Hall–Kier alpha value is -2.03. The monoisotopic (exact) mass is 285 g/mol. The first kappa shape index (κ1) is 15.4. The van der Waals surface area contributed by atoms with Crippen molar-refractivity contribution < 1.29 is 9.53 Å². The fourth-order valence-electron chi connectivity index (χ4n) is 2.62. The van der Waals surface area contributed by atoms with Gasteiger partial charge in [0.25, 0.3) is 0 Å². The molecule has 3 nitrogen and oxygen atoms in total. The third kappa shape index (κ3) is 4.48. The van der Waals surface area contributed by atoms with Crippen LogP contribution < -0.4 is 4.74 Å². The number of hydrogen-bond acceptors (Lipinski definition) is 2. The van der Waals surface area contributed by atoms with Crippen LogP contribution in [0, 0.1) is 5.92 Å². The predicted octanol–water partition coefficient (Wildman–Crippen LogP) is 3.57. The number of carbonyl (C=O) groups is 1. The quantitative estimate of drug-likeness (QED) is 0.717. The van der Waals surface area contributed by atoms with Crippen LogP contribution in [0.2, 0.25) is 0 Å². The Morgan fingerprint density at radius 2 is 2.38 bits per heavy atom. The van der Waals surface area contributed by atoms with Gasteiger partial charge in [-0.2, -0.15) is 0 Å². The van der Waals surface area contributed by atoms with Gasteiger partial charge in [0.15, 0.2) is 0 Å². The fraction of sp³-hybridized carbons (Fsp3) is 0.389. The van der Waals surface area contributed by atoms with E-state index < -0.39 is 0 Å². The molecule has 21 heavy (non-hydrogen) atoms. The van der Waals surface area contributed by atoms with Crippen molar-refractivity contribution in [2.75, 3.05) is 13.7 Å². The largest absolute Gasteiger partial charge is 0.497 e. The zero-order valence-electron chi connectivity index (χ0n) is 12.6. The second-order valence-electron chi connectivity index (χ2n) is 5.38. The van der Waals surface area contributed by atoms with Gasteiger partial charge in [-0.3, -0.25) is 4.79 Å². The smallest absolute Gasteiger partial charge is 0.223 e. The molecule has 0 radical (unpaired) electrons. The average Bonchev–Trinajstić information content (AvgIpc) is 3.00. The van der Waals surface area contributed by atoms with E-state index >= 15 is 0 Å². The molecule has 1 atom stereocenters. The second-order valence-corrected chi connectivity index (χ2v) is 5.38. The second kappa shape index (κ2) is 7.67. The van der Waals surface area contributed by atoms with Crippen LogP contribution in [-0.2, 0) is 11.3 Å². The molecule has 0 saturated heterocycles. The van der Waals surface area contributed by atoms with Crippen LogP contribution in [0.4, 0.5) is 0 Å². The first-order chi connectivity index (χ1) is 10.2. The van der Waals surface area contributed by atoms with Gasteiger partial charge in [0.05, 0.1) is 7.11 Å². The van der Waals surface area contributed by atoms with Crippen LogP contribution in [0.3, 0.4) is 0 Å². The minimum Gasteiger partial charge on any atom is -0.497 e. The molecule has 1 aliphatic carbocycles. The highest BCUT2D eigenvalue weighted by molar-refractivity contribution is 5.77. The number of methoxy groups -OCH3 is 1. The van der Waals surface area contributed by atoms with E-state index in [0.29, 0.717) is 25.4 Å². The fourth-order valence-corrected chi connectivity index (χ4v) is 2.62. The Morgan fingerprint density at radius 1 is 1.52 bits per heavy atom. The summed E-state index contributed by atoms with van der Waals surface area (Å²) >= 11 is 0. The summed E-state index contributed by atoms with van der Waals surface area (Å²) in [5.41, 5.74) is 1.08. The molecule has 0 heterocycles. The summed E-state index contributed by atoms with van der Waals surface area (Å²) in [6.45, 7) is 4.93. The maximum atomic E-state index is 12.5. The number of benzene rings is 1. The molecular formula is C18H23NO2. The van der Waals surface area contributed by atoms with Gasteiger partial charge in [-0.25, -0.2) is 0 Å². The molecule has 1 aromatic carbocycles. The molecule has 112 valence electrons. The van der Waals surface area contributed by atoms with Crippen molar-refractivity contribution in [1.82, 2.24) is 4.90 Å². The first-order valence-corrected chi connectivity index (χ1v) is 7.41. The predicted molar refractivity (Wildman–Crippen MR) is 85.1 cm³/mol. The van der Waals surface area contributed by atoms with Crippen LogP contribution in [0.1, 0.15) is 24.8 Å². The summed E-state index contributed by atoms with van der Waals surface area (Å²) < 4.78 is 5.23. The van der Waals surface area contributed by atoms with Crippen LogP contribution in [0.5, 0.6) is 5.75 Å². The molecule has 1 amide bonds. The zero-order valence-corrected chi connectivity index (χ0v) is 12.6. The number of carbonyl (C=O) groups excluding carboxylic acids is 1.